The van der Waals surface area contributed by atoms with Crippen LogP contribution in [-0.4, -0.2) is 27.5 Å². The SMILES string of the molecule is O=C(Cn1c2c(sc1=O)[C@@H](c1ccc(F)cc1)[C@@H]1C(=O)N(c3ccc(Br)cc3)C(=O)[C@@H]1S2)Nc1cccc(C(F)(F)F)c1. The minimum absolute atomic E-state index is 0.101. The highest BCUT2D eigenvalue weighted by atomic mass is 79.9. The van der Waals surface area contributed by atoms with Crippen molar-refractivity contribution in [2.24, 2.45) is 5.92 Å². The Hall–Kier alpha value is -3.75. The lowest BCUT2D eigenvalue weighted by atomic mass is 9.83. The number of anilines is 2. The molecule has 0 spiro atoms. The summed E-state index contributed by atoms with van der Waals surface area (Å²) < 4.78 is 55.2. The van der Waals surface area contributed by atoms with Crippen LogP contribution in [0.2, 0.25) is 0 Å². The Bertz CT molecular complexity index is 1820. The van der Waals surface area contributed by atoms with Gasteiger partial charge in [0.1, 0.15) is 17.6 Å². The molecule has 6 rings (SSSR count). The van der Waals surface area contributed by atoms with Crippen molar-refractivity contribution in [1.29, 1.82) is 0 Å². The van der Waals surface area contributed by atoms with Gasteiger partial charge in [0.05, 0.1) is 22.2 Å². The minimum Gasteiger partial charge on any atom is -0.325 e. The van der Waals surface area contributed by atoms with Gasteiger partial charge in [-0.2, -0.15) is 13.2 Å². The van der Waals surface area contributed by atoms with Gasteiger partial charge in [-0.15, -0.1) is 0 Å². The first-order valence-electron chi connectivity index (χ1n) is 12.7. The third kappa shape index (κ3) is 5.43. The number of nitrogens with zero attached hydrogens (tertiary/aromatic N) is 2. The predicted octanol–water partition coefficient (Wildman–Crippen LogP) is 6.26. The molecule has 1 aromatic heterocycles. The van der Waals surface area contributed by atoms with Gasteiger partial charge < -0.3 is 5.32 Å². The van der Waals surface area contributed by atoms with E-state index in [0.29, 0.717) is 21.2 Å². The van der Waals surface area contributed by atoms with Crippen LogP contribution in [0.1, 0.15) is 21.9 Å². The summed E-state index contributed by atoms with van der Waals surface area (Å²) in [7, 11) is 0. The number of rotatable bonds is 5. The van der Waals surface area contributed by atoms with Gasteiger partial charge in [-0.25, -0.2) is 9.29 Å². The van der Waals surface area contributed by atoms with Crippen LogP contribution in [0.4, 0.5) is 28.9 Å². The van der Waals surface area contributed by atoms with Crippen LogP contribution in [0.25, 0.3) is 0 Å². The van der Waals surface area contributed by atoms with E-state index in [0.717, 1.165) is 55.2 Å². The molecule has 43 heavy (non-hydrogen) atoms. The summed E-state index contributed by atoms with van der Waals surface area (Å²) in [6, 6.07) is 16.2. The fraction of sp³-hybridized carbons (Fsp3) is 0.172. The van der Waals surface area contributed by atoms with E-state index in [4.69, 9.17) is 0 Å². The molecule has 1 N–H and O–H groups in total. The number of carbonyl (C=O) groups is 3. The summed E-state index contributed by atoms with van der Waals surface area (Å²) in [5.41, 5.74) is -0.166. The molecule has 3 atom stereocenters. The fourth-order valence-electron chi connectivity index (χ4n) is 5.25. The van der Waals surface area contributed by atoms with E-state index < -0.39 is 63.8 Å². The highest BCUT2D eigenvalue weighted by Gasteiger charge is 2.56. The van der Waals surface area contributed by atoms with E-state index in [1.807, 2.05) is 0 Å². The number of halogens is 5. The first-order valence-corrected chi connectivity index (χ1v) is 15.2. The summed E-state index contributed by atoms with van der Waals surface area (Å²) in [5, 5.41) is 1.73. The molecule has 0 bridgehead atoms. The molecule has 3 aromatic carbocycles. The van der Waals surface area contributed by atoms with Crippen LogP contribution in [0.5, 0.6) is 0 Å². The third-order valence-electron chi connectivity index (χ3n) is 7.14. The molecule has 3 heterocycles. The Morgan fingerprint density at radius 3 is 2.33 bits per heavy atom. The Balaban J connectivity index is 1.37. The van der Waals surface area contributed by atoms with E-state index in [2.05, 4.69) is 21.2 Å². The van der Waals surface area contributed by atoms with Crippen LogP contribution in [0, 0.1) is 11.7 Å². The zero-order chi connectivity index (χ0) is 30.6. The number of thioether (sulfide) groups is 1. The second-order valence-electron chi connectivity index (χ2n) is 9.83. The third-order valence-corrected chi connectivity index (χ3v) is 10.3. The summed E-state index contributed by atoms with van der Waals surface area (Å²) in [6.07, 6.45) is -4.61. The Labute approximate surface area is 257 Å². The van der Waals surface area contributed by atoms with E-state index in [-0.39, 0.29) is 5.69 Å². The Morgan fingerprint density at radius 1 is 0.953 bits per heavy atom. The smallest absolute Gasteiger partial charge is 0.325 e. The van der Waals surface area contributed by atoms with Gasteiger partial charge in [-0.05, 0) is 60.2 Å². The second-order valence-corrected chi connectivity index (χ2v) is 12.9. The molecule has 1 saturated heterocycles. The summed E-state index contributed by atoms with van der Waals surface area (Å²) in [6.45, 7) is -0.542. The molecule has 0 saturated carbocycles. The van der Waals surface area contributed by atoms with Crippen LogP contribution in [0.3, 0.4) is 0 Å². The van der Waals surface area contributed by atoms with Crippen molar-refractivity contribution in [2.45, 2.75) is 28.9 Å². The van der Waals surface area contributed by atoms with Crippen molar-refractivity contribution in [3.05, 3.63) is 109 Å². The molecular weight excluding hydrogens is 674 g/mol. The maximum Gasteiger partial charge on any atom is 0.416 e. The monoisotopic (exact) mass is 691 g/mol. The van der Waals surface area contributed by atoms with E-state index in [1.165, 1.54) is 30.3 Å². The largest absolute Gasteiger partial charge is 0.416 e. The van der Waals surface area contributed by atoms with Crippen LogP contribution < -0.4 is 15.1 Å². The molecule has 0 aliphatic carbocycles. The van der Waals surface area contributed by atoms with Gasteiger partial charge in [0.2, 0.25) is 17.7 Å². The molecule has 0 unspecified atom stereocenters. The number of hydrogen-bond acceptors (Lipinski definition) is 6. The van der Waals surface area contributed by atoms with Crippen LogP contribution in [-0.2, 0) is 27.1 Å². The van der Waals surface area contributed by atoms with Gasteiger partial charge in [0, 0.05) is 21.0 Å². The highest BCUT2D eigenvalue weighted by Crippen LogP contribution is 2.54. The molecule has 4 aromatic rings. The molecule has 14 heteroatoms. The number of nitrogens with one attached hydrogen (secondary N) is 1. The Morgan fingerprint density at radius 2 is 1.65 bits per heavy atom. The minimum atomic E-state index is -4.61. The van der Waals surface area contributed by atoms with E-state index in [9.17, 15) is 36.7 Å². The Kier molecular flexibility index (Phi) is 7.55. The summed E-state index contributed by atoms with van der Waals surface area (Å²) in [4.78, 5) is 54.7. The molecular formula is C29H18BrF4N3O4S2. The summed E-state index contributed by atoms with van der Waals surface area (Å²) in [5.74, 6) is -3.94. The molecule has 7 nitrogen and oxygen atoms in total. The summed E-state index contributed by atoms with van der Waals surface area (Å²) >= 11 is 5.13. The van der Waals surface area contributed by atoms with Crippen molar-refractivity contribution in [1.82, 2.24) is 4.57 Å². The van der Waals surface area contributed by atoms with Gasteiger partial charge in [-0.1, -0.05) is 57.2 Å². The van der Waals surface area contributed by atoms with Crippen molar-refractivity contribution >= 4 is 68.1 Å². The number of hydrogen-bond donors (Lipinski definition) is 1. The van der Waals surface area contributed by atoms with Crippen molar-refractivity contribution in [3.63, 3.8) is 0 Å². The van der Waals surface area contributed by atoms with E-state index in [1.54, 1.807) is 24.3 Å². The highest BCUT2D eigenvalue weighted by molar-refractivity contribution is 9.10. The zero-order valence-corrected chi connectivity index (χ0v) is 24.8. The average Bonchev–Trinajstić information content (AvgIpc) is 3.40. The molecule has 220 valence electrons. The standard InChI is InChI=1S/C29H18BrF4N3O4S2/c30-16-6-10-19(11-7-16)37-25(39)22-21(14-4-8-17(31)9-5-14)24-27(42-23(22)26(37)40)36(28(41)43-24)13-20(38)35-18-3-1-2-15(12-18)29(32,33)34/h1-12,21-23H,13H2,(H,35,38)/t21-,22-,23+/m0/s1. The average molecular weight is 693 g/mol. The fourth-order valence-corrected chi connectivity index (χ4v) is 8.28. The number of alkyl halides is 3. The van der Waals surface area contributed by atoms with Gasteiger partial charge in [0.25, 0.3) is 0 Å². The normalized spacial score (nSPS) is 19.7. The van der Waals surface area contributed by atoms with E-state index >= 15 is 0 Å². The van der Waals surface area contributed by atoms with Gasteiger partial charge in [0.15, 0.2) is 0 Å². The quantitative estimate of drug-likeness (QED) is 0.197. The first-order chi connectivity index (χ1) is 20.4. The van der Waals surface area contributed by atoms with Gasteiger partial charge >= 0.3 is 11.0 Å². The number of carbonyl (C=O) groups excluding carboxylic acids is 3. The zero-order valence-electron chi connectivity index (χ0n) is 21.6. The lowest BCUT2D eigenvalue weighted by molar-refractivity contribution is -0.137. The number of fused-ring (bicyclic) bond motifs is 2. The second kappa shape index (κ2) is 11.1. The van der Waals surface area contributed by atoms with Crippen LogP contribution >= 0.6 is 39.0 Å². The van der Waals surface area contributed by atoms with Gasteiger partial charge in [-0.3, -0.25) is 23.7 Å². The number of aromatic nitrogens is 1. The maximum absolute atomic E-state index is 13.9. The maximum atomic E-state index is 13.9. The lowest BCUT2D eigenvalue weighted by Gasteiger charge is -2.30. The van der Waals surface area contributed by atoms with Crippen molar-refractivity contribution in [2.75, 3.05) is 10.2 Å². The molecule has 2 aliphatic rings. The van der Waals surface area contributed by atoms with Crippen molar-refractivity contribution < 1.29 is 31.9 Å². The number of thiazole rings is 1. The molecule has 1 fully saturated rings. The topological polar surface area (TPSA) is 88.5 Å². The first kappa shape index (κ1) is 29.3. The number of amides is 3. The van der Waals surface area contributed by atoms with Crippen molar-refractivity contribution in [3.8, 4) is 0 Å². The van der Waals surface area contributed by atoms with Crippen LogP contribution in [0.15, 0.2) is 87.1 Å². The molecule has 2 aliphatic heterocycles. The predicted molar refractivity (Wildman–Crippen MR) is 157 cm³/mol. The number of imide groups is 1. The molecule has 0 radical (unpaired) electrons. The number of benzene rings is 3. The molecule has 3 amide bonds. The lowest BCUT2D eigenvalue weighted by Crippen LogP contribution is -2.33.